The normalized spacial score (nSPS) is 12.0. The Morgan fingerprint density at radius 3 is 2.50 bits per heavy atom. The lowest BCUT2D eigenvalue weighted by Gasteiger charge is -2.12. The molecule has 0 bridgehead atoms. The molecule has 1 atom stereocenters. The predicted octanol–water partition coefficient (Wildman–Crippen LogP) is 5.05. The third-order valence-corrected chi connectivity index (χ3v) is 4.77. The number of carbonyl (C=O) groups is 2. The van der Waals surface area contributed by atoms with Crippen LogP contribution in [0, 0.1) is 6.92 Å². The van der Waals surface area contributed by atoms with Crippen LogP contribution in [-0.2, 0) is 4.79 Å². The van der Waals surface area contributed by atoms with Crippen LogP contribution in [0.5, 0.6) is 0 Å². The average molecular weight is 401 g/mol. The summed E-state index contributed by atoms with van der Waals surface area (Å²) in [6.45, 7) is 5.02. The highest BCUT2D eigenvalue weighted by atomic mass is 35.5. The second-order valence-corrected chi connectivity index (χ2v) is 6.88. The van der Waals surface area contributed by atoms with Crippen molar-refractivity contribution in [2.75, 3.05) is 10.6 Å². The zero-order valence-electron chi connectivity index (χ0n) is 15.8. The summed E-state index contributed by atoms with van der Waals surface area (Å²) >= 11 is 6.21. The molecule has 1 aromatic heterocycles. The van der Waals surface area contributed by atoms with Gasteiger partial charge in [-0.05, 0) is 31.5 Å². The van der Waals surface area contributed by atoms with Crippen molar-refractivity contribution in [3.8, 4) is 0 Å². The van der Waals surface area contributed by atoms with Gasteiger partial charge in [-0.1, -0.05) is 36.7 Å². The van der Waals surface area contributed by atoms with E-state index in [1.54, 1.807) is 37.3 Å². The Morgan fingerprint density at radius 1 is 1.14 bits per heavy atom. The molecule has 0 saturated heterocycles. The van der Waals surface area contributed by atoms with Crippen LogP contribution in [0.1, 0.15) is 48.1 Å². The first-order chi connectivity index (χ1) is 13.3. The molecule has 0 saturated carbocycles. The number of fused-ring (bicyclic) bond motifs is 1. The lowest BCUT2D eigenvalue weighted by atomic mass is 10.0. The SMILES string of the molecule is CCC(O)c1c(C)oc2c(NC(=O)c3c(Cl)cccc3NC(C)=O)cccc12. The molecule has 0 aliphatic rings. The minimum atomic E-state index is -0.651. The Bertz CT molecular complexity index is 1060. The summed E-state index contributed by atoms with van der Waals surface area (Å²) in [6, 6.07) is 10.2. The van der Waals surface area contributed by atoms with E-state index >= 15 is 0 Å². The van der Waals surface area contributed by atoms with E-state index < -0.39 is 12.0 Å². The van der Waals surface area contributed by atoms with E-state index in [0.29, 0.717) is 34.7 Å². The monoisotopic (exact) mass is 400 g/mol. The Morgan fingerprint density at radius 2 is 1.82 bits per heavy atom. The fourth-order valence-corrected chi connectivity index (χ4v) is 3.47. The van der Waals surface area contributed by atoms with E-state index in [2.05, 4.69) is 10.6 Å². The maximum atomic E-state index is 12.9. The molecule has 0 spiro atoms. The van der Waals surface area contributed by atoms with Crippen molar-refractivity contribution in [1.82, 2.24) is 0 Å². The number of aliphatic hydroxyl groups excluding tert-OH is 1. The summed E-state index contributed by atoms with van der Waals surface area (Å²) in [7, 11) is 0. The third kappa shape index (κ3) is 3.74. The number of para-hydroxylation sites is 1. The molecular formula is C21H21ClN2O4. The summed E-state index contributed by atoms with van der Waals surface area (Å²) in [5, 5.41) is 16.7. The number of benzene rings is 2. The minimum absolute atomic E-state index is 0.161. The number of rotatable bonds is 5. The summed E-state index contributed by atoms with van der Waals surface area (Å²) in [5.74, 6) is -0.186. The molecule has 7 heteroatoms. The summed E-state index contributed by atoms with van der Waals surface area (Å²) in [5.41, 5.74) is 2.12. The van der Waals surface area contributed by atoms with Crippen LogP contribution in [0.15, 0.2) is 40.8 Å². The van der Waals surface area contributed by atoms with Gasteiger partial charge < -0.3 is 20.2 Å². The molecule has 6 nitrogen and oxygen atoms in total. The van der Waals surface area contributed by atoms with Gasteiger partial charge in [0.2, 0.25) is 5.91 Å². The fourth-order valence-electron chi connectivity index (χ4n) is 3.21. The lowest BCUT2D eigenvalue weighted by molar-refractivity contribution is -0.114. The zero-order valence-corrected chi connectivity index (χ0v) is 16.6. The van der Waals surface area contributed by atoms with Crippen LogP contribution < -0.4 is 10.6 Å². The van der Waals surface area contributed by atoms with Gasteiger partial charge in [0.15, 0.2) is 5.58 Å². The second-order valence-electron chi connectivity index (χ2n) is 6.48. The Labute approximate surface area is 167 Å². The molecule has 3 N–H and O–H groups in total. The van der Waals surface area contributed by atoms with E-state index in [1.807, 2.05) is 13.0 Å². The molecule has 0 fully saturated rings. The number of aliphatic hydroxyl groups is 1. The molecule has 0 radical (unpaired) electrons. The molecule has 3 rings (SSSR count). The standard InChI is InChI=1S/C21H21ClN2O4/c1-4-17(26)18-11(2)28-20-13(18)7-5-10-16(20)24-21(27)19-14(22)8-6-9-15(19)23-12(3)25/h5-10,17,26H,4H2,1-3H3,(H,23,25)(H,24,27). The van der Waals surface area contributed by atoms with Crippen LogP contribution in [-0.4, -0.2) is 16.9 Å². The van der Waals surface area contributed by atoms with Gasteiger partial charge in [0.1, 0.15) is 5.76 Å². The molecule has 0 aliphatic heterocycles. The van der Waals surface area contributed by atoms with Crippen molar-refractivity contribution in [3.63, 3.8) is 0 Å². The van der Waals surface area contributed by atoms with E-state index in [0.717, 1.165) is 5.39 Å². The Hall–Kier alpha value is -2.83. The molecule has 1 unspecified atom stereocenters. The van der Waals surface area contributed by atoms with Gasteiger partial charge in [0.05, 0.1) is 28.1 Å². The van der Waals surface area contributed by atoms with Gasteiger partial charge in [0, 0.05) is 17.9 Å². The van der Waals surface area contributed by atoms with Crippen molar-refractivity contribution in [2.24, 2.45) is 0 Å². The van der Waals surface area contributed by atoms with Crippen LogP contribution >= 0.6 is 11.6 Å². The zero-order chi connectivity index (χ0) is 20.4. The van der Waals surface area contributed by atoms with E-state index in [9.17, 15) is 14.7 Å². The molecular weight excluding hydrogens is 380 g/mol. The molecule has 0 aliphatic carbocycles. The summed E-state index contributed by atoms with van der Waals surface area (Å²) in [4.78, 5) is 24.4. The number of furan rings is 1. The van der Waals surface area contributed by atoms with Crippen molar-refractivity contribution >= 4 is 45.8 Å². The Balaban J connectivity index is 2.03. The van der Waals surface area contributed by atoms with Crippen molar-refractivity contribution in [2.45, 2.75) is 33.3 Å². The number of anilines is 2. The van der Waals surface area contributed by atoms with Crippen LogP contribution in [0.2, 0.25) is 5.02 Å². The molecule has 1 heterocycles. The van der Waals surface area contributed by atoms with Gasteiger partial charge in [0.25, 0.3) is 5.91 Å². The summed E-state index contributed by atoms with van der Waals surface area (Å²) < 4.78 is 5.84. The third-order valence-electron chi connectivity index (χ3n) is 4.46. The number of hydrogen-bond acceptors (Lipinski definition) is 4. The van der Waals surface area contributed by atoms with Gasteiger partial charge in [-0.3, -0.25) is 9.59 Å². The molecule has 28 heavy (non-hydrogen) atoms. The topological polar surface area (TPSA) is 91.6 Å². The lowest BCUT2D eigenvalue weighted by Crippen LogP contribution is -2.17. The van der Waals surface area contributed by atoms with E-state index in [-0.39, 0.29) is 16.5 Å². The van der Waals surface area contributed by atoms with Crippen LogP contribution in [0.4, 0.5) is 11.4 Å². The van der Waals surface area contributed by atoms with E-state index in [4.69, 9.17) is 16.0 Å². The van der Waals surface area contributed by atoms with Gasteiger partial charge in [-0.2, -0.15) is 0 Å². The number of amides is 2. The number of halogens is 1. The highest BCUT2D eigenvalue weighted by Gasteiger charge is 2.22. The fraction of sp³-hybridized carbons (Fsp3) is 0.238. The summed E-state index contributed by atoms with van der Waals surface area (Å²) in [6.07, 6.45) is -0.103. The van der Waals surface area contributed by atoms with Crippen LogP contribution in [0.25, 0.3) is 11.0 Å². The first-order valence-corrected chi connectivity index (χ1v) is 9.28. The number of hydrogen-bond donors (Lipinski definition) is 3. The number of aryl methyl sites for hydroxylation is 1. The number of carbonyl (C=O) groups excluding carboxylic acids is 2. The highest BCUT2D eigenvalue weighted by molar-refractivity contribution is 6.35. The van der Waals surface area contributed by atoms with Gasteiger partial charge >= 0.3 is 0 Å². The first kappa shape index (κ1) is 19.9. The Kier molecular flexibility index (Phi) is 5.72. The average Bonchev–Trinajstić information content (AvgIpc) is 2.97. The second kappa shape index (κ2) is 8.04. The maximum Gasteiger partial charge on any atom is 0.259 e. The maximum absolute atomic E-state index is 12.9. The molecule has 2 amide bonds. The van der Waals surface area contributed by atoms with Crippen molar-refractivity contribution in [1.29, 1.82) is 0 Å². The quantitative estimate of drug-likeness (QED) is 0.558. The first-order valence-electron chi connectivity index (χ1n) is 8.91. The smallest absolute Gasteiger partial charge is 0.259 e. The largest absolute Gasteiger partial charge is 0.459 e. The van der Waals surface area contributed by atoms with Gasteiger partial charge in [-0.15, -0.1) is 0 Å². The number of nitrogens with one attached hydrogen (secondary N) is 2. The molecule has 3 aromatic rings. The van der Waals surface area contributed by atoms with Crippen molar-refractivity contribution < 1.29 is 19.1 Å². The highest BCUT2D eigenvalue weighted by Crippen LogP contribution is 2.36. The molecule has 146 valence electrons. The molecule has 2 aromatic carbocycles. The van der Waals surface area contributed by atoms with Crippen molar-refractivity contribution in [3.05, 3.63) is 58.3 Å². The van der Waals surface area contributed by atoms with Crippen LogP contribution in [0.3, 0.4) is 0 Å². The minimum Gasteiger partial charge on any atom is -0.459 e. The van der Waals surface area contributed by atoms with Gasteiger partial charge in [-0.25, -0.2) is 0 Å². The van der Waals surface area contributed by atoms with E-state index in [1.165, 1.54) is 6.92 Å². The predicted molar refractivity (Wildman–Crippen MR) is 110 cm³/mol.